The summed E-state index contributed by atoms with van der Waals surface area (Å²) in [5.74, 6) is -2.06. The van der Waals surface area contributed by atoms with Crippen LogP contribution in [0.3, 0.4) is 0 Å². The van der Waals surface area contributed by atoms with Crippen molar-refractivity contribution in [2.75, 3.05) is 26.3 Å². The summed E-state index contributed by atoms with van der Waals surface area (Å²) in [6, 6.07) is 2.21. The Morgan fingerprint density at radius 2 is 1.78 bits per heavy atom. The van der Waals surface area contributed by atoms with Gasteiger partial charge in [0.1, 0.15) is 17.7 Å². The molecule has 1 heterocycles. The van der Waals surface area contributed by atoms with Crippen LogP contribution >= 0.6 is 0 Å². The van der Waals surface area contributed by atoms with Gasteiger partial charge < -0.3 is 10.5 Å². The number of amides is 1. The molecule has 0 radical (unpaired) electrons. The van der Waals surface area contributed by atoms with Crippen LogP contribution in [0.25, 0.3) is 0 Å². The first-order valence-corrected chi connectivity index (χ1v) is 5.65. The molecule has 0 saturated carbocycles. The van der Waals surface area contributed by atoms with Crippen LogP contribution in [0, 0.1) is 11.6 Å². The Bertz CT molecular complexity index is 427. The predicted molar refractivity (Wildman–Crippen MR) is 60.7 cm³/mol. The van der Waals surface area contributed by atoms with E-state index in [1.165, 1.54) is 0 Å². The fourth-order valence-corrected chi connectivity index (χ4v) is 2.12. The van der Waals surface area contributed by atoms with E-state index in [0.717, 1.165) is 18.2 Å². The van der Waals surface area contributed by atoms with Crippen molar-refractivity contribution in [2.45, 2.75) is 6.04 Å². The highest BCUT2D eigenvalue weighted by atomic mass is 19.1. The molecule has 1 aliphatic heterocycles. The first-order valence-electron chi connectivity index (χ1n) is 5.65. The van der Waals surface area contributed by atoms with Gasteiger partial charge in [-0.15, -0.1) is 0 Å². The molecule has 2 N–H and O–H groups in total. The van der Waals surface area contributed by atoms with E-state index in [2.05, 4.69) is 0 Å². The molecule has 0 spiro atoms. The Balaban J connectivity index is 2.31. The van der Waals surface area contributed by atoms with Gasteiger partial charge >= 0.3 is 0 Å². The molecule has 6 heteroatoms. The maximum absolute atomic E-state index is 13.2. The molecule has 18 heavy (non-hydrogen) atoms. The molecule has 0 aliphatic carbocycles. The van der Waals surface area contributed by atoms with E-state index >= 15 is 0 Å². The number of primary amides is 1. The highest BCUT2D eigenvalue weighted by molar-refractivity contribution is 5.81. The van der Waals surface area contributed by atoms with Crippen LogP contribution < -0.4 is 5.73 Å². The van der Waals surface area contributed by atoms with Crippen molar-refractivity contribution in [3.63, 3.8) is 0 Å². The first-order chi connectivity index (χ1) is 8.58. The van der Waals surface area contributed by atoms with E-state index in [4.69, 9.17) is 10.5 Å². The number of halogens is 2. The number of nitrogens with zero attached hydrogens (tertiary/aromatic N) is 1. The monoisotopic (exact) mass is 256 g/mol. The molecule has 1 amide bonds. The lowest BCUT2D eigenvalue weighted by Gasteiger charge is -2.32. The maximum atomic E-state index is 13.2. The molecular weight excluding hydrogens is 242 g/mol. The number of carbonyl (C=O) groups is 1. The Morgan fingerprint density at radius 1 is 1.22 bits per heavy atom. The van der Waals surface area contributed by atoms with Crippen molar-refractivity contribution in [2.24, 2.45) is 5.73 Å². The number of hydrogen-bond acceptors (Lipinski definition) is 3. The third-order valence-corrected chi connectivity index (χ3v) is 2.88. The van der Waals surface area contributed by atoms with Gasteiger partial charge in [0.15, 0.2) is 0 Å². The molecule has 0 aromatic heterocycles. The Labute approximate surface area is 103 Å². The van der Waals surface area contributed by atoms with Crippen LogP contribution in [0.4, 0.5) is 8.78 Å². The van der Waals surface area contributed by atoms with E-state index in [9.17, 15) is 13.6 Å². The lowest BCUT2D eigenvalue weighted by atomic mass is 10.0. The second-order valence-corrected chi connectivity index (χ2v) is 4.16. The summed E-state index contributed by atoms with van der Waals surface area (Å²) >= 11 is 0. The number of hydrogen-bond donors (Lipinski definition) is 1. The number of carbonyl (C=O) groups excluding carboxylic acids is 1. The van der Waals surface area contributed by atoms with Gasteiger partial charge in [-0.25, -0.2) is 8.78 Å². The number of nitrogens with two attached hydrogens (primary N) is 1. The minimum Gasteiger partial charge on any atom is -0.379 e. The fraction of sp³-hybridized carbons (Fsp3) is 0.417. The maximum Gasteiger partial charge on any atom is 0.239 e. The summed E-state index contributed by atoms with van der Waals surface area (Å²) in [5.41, 5.74) is 5.57. The second kappa shape index (κ2) is 5.41. The highest BCUT2D eigenvalue weighted by Gasteiger charge is 2.27. The van der Waals surface area contributed by atoms with Crippen molar-refractivity contribution >= 4 is 5.91 Å². The van der Waals surface area contributed by atoms with Crippen LogP contribution in [0.5, 0.6) is 0 Å². The minimum atomic E-state index is -0.820. The predicted octanol–water partition coefficient (Wildman–Crippen LogP) is 0.823. The molecule has 98 valence electrons. The molecule has 1 aromatic rings. The fourth-order valence-electron chi connectivity index (χ4n) is 2.12. The summed E-state index contributed by atoms with van der Waals surface area (Å²) < 4.78 is 31.5. The van der Waals surface area contributed by atoms with Crippen molar-refractivity contribution in [1.82, 2.24) is 4.90 Å². The molecule has 1 aliphatic rings. The van der Waals surface area contributed by atoms with Gasteiger partial charge in [0.25, 0.3) is 0 Å². The highest BCUT2D eigenvalue weighted by Crippen LogP contribution is 2.23. The third-order valence-electron chi connectivity index (χ3n) is 2.88. The lowest BCUT2D eigenvalue weighted by Crippen LogP contribution is -2.44. The van der Waals surface area contributed by atoms with E-state index in [0.29, 0.717) is 26.3 Å². The van der Waals surface area contributed by atoms with Crippen molar-refractivity contribution in [3.8, 4) is 0 Å². The average Bonchev–Trinajstić information content (AvgIpc) is 2.28. The second-order valence-electron chi connectivity index (χ2n) is 4.16. The average molecular weight is 256 g/mol. The molecular formula is C12H14F2N2O2. The van der Waals surface area contributed by atoms with Crippen LogP contribution in [-0.4, -0.2) is 37.1 Å². The van der Waals surface area contributed by atoms with E-state index in [1.54, 1.807) is 4.90 Å². The van der Waals surface area contributed by atoms with E-state index in [1.807, 2.05) is 0 Å². The molecule has 1 fully saturated rings. The summed E-state index contributed by atoms with van der Waals surface area (Å²) in [5, 5.41) is 0. The first kappa shape index (κ1) is 12.9. The zero-order valence-corrected chi connectivity index (χ0v) is 9.73. The normalized spacial score (nSPS) is 18.6. The summed E-state index contributed by atoms with van der Waals surface area (Å²) in [6.07, 6.45) is 0. The topological polar surface area (TPSA) is 55.6 Å². The molecule has 4 nitrogen and oxygen atoms in total. The van der Waals surface area contributed by atoms with Gasteiger partial charge in [-0.2, -0.15) is 0 Å². The van der Waals surface area contributed by atoms with Crippen LogP contribution in [0.15, 0.2) is 18.2 Å². The molecule has 2 rings (SSSR count). The largest absolute Gasteiger partial charge is 0.379 e. The van der Waals surface area contributed by atoms with Gasteiger partial charge in [0.05, 0.1) is 13.2 Å². The van der Waals surface area contributed by atoms with Gasteiger partial charge in [-0.05, 0) is 17.7 Å². The molecule has 1 aromatic carbocycles. The van der Waals surface area contributed by atoms with Gasteiger partial charge in [-0.1, -0.05) is 0 Å². The SMILES string of the molecule is NC(=O)C(c1cc(F)cc(F)c1)N1CCOCC1. The minimum absolute atomic E-state index is 0.238. The van der Waals surface area contributed by atoms with Crippen molar-refractivity contribution in [1.29, 1.82) is 0 Å². The van der Waals surface area contributed by atoms with Crippen LogP contribution in [-0.2, 0) is 9.53 Å². The lowest BCUT2D eigenvalue weighted by molar-refractivity contribution is -0.125. The quantitative estimate of drug-likeness (QED) is 0.871. The van der Waals surface area contributed by atoms with Crippen LogP contribution in [0.1, 0.15) is 11.6 Å². The van der Waals surface area contributed by atoms with E-state index in [-0.39, 0.29) is 5.56 Å². The van der Waals surface area contributed by atoms with Crippen molar-refractivity contribution in [3.05, 3.63) is 35.4 Å². The molecule has 1 saturated heterocycles. The zero-order valence-electron chi connectivity index (χ0n) is 9.73. The number of ether oxygens (including phenoxy) is 1. The van der Waals surface area contributed by atoms with Crippen molar-refractivity contribution < 1.29 is 18.3 Å². The number of morpholine rings is 1. The van der Waals surface area contributed by atoms with Gasteiger partial charge in [0, 0.05) is 19.2 Å². The molecule has 0 bridgehead atoms. The summed E-state index contributed by atoms with van der Waals surface area (Å²) in [6.45, 7) is 1.96. The van der Waals surface area contributed by atoms with E-state index < -0.39 is 23.6 Å². The number of rotatable bonds is 3. The summed E-state index contributed by atoms with van der Waals surface area (Å²) in [7, 11) is 0. The standard InChI is InChI=1S/C12H14F2N2O2/c13-9-5-8(6-10(14)7-9)11(12(15)17)16-1-3-18-4-2-16/h5-7,11H,1-4H2,(H2,15,17). The van der Waals surface area contributed by atoms with Gasteiger partial charge in [0.2, 0.25) is 5.91 Å². The molecule has 1 atom stereocenters. The zero-order chi connectivity index (χ0) is 13.1. The summed E-state index contributed by atoms with van der Waals surface area (Å²) in [4.78, 5) is 13.3. The molecule has 1 unspecified atom stereocenters. The Hall–Kier alpha value is -1.53. The van der Waals surface area contributed by atoms with Crippen LogP contribution in [0.2, 0.25) is 0 Å². The Morgan fingerprint density at radius 3 is 2.28 bits per heavy atom. The van der Waals surface area contributed by atoms with Gasteiger partial charge in [-0.3, -0.25) is 9.69 Å². The number of benzene rings is 1. The third kappa shape index (κ3) is 2.83. The Kier molecular flexibility index (Phi) is 3.88. The smallest absolute Gasteiger partial charge is 0.239 e.